The molecule has 0 bridgehead atoms. The van der Waals surface area contributed by atoms with Crippen molar-refractivity contribution in [1.82, 2.24) is 5.32 Å². The Morgan fingerprint density at radius 2 is 1.50 bits per heavy atom. The Bertz CT molecular complexity index is 1610. The number of hydrogen-bond acceptors (Lipinski definition) is 6. The van der Waals surface area contributed by atoms with Gasteiger partial charge in [-0.25, -0.2) is 4.79 Å². The number of carbonyl (C=O) groups excluding carboxylic acids is 3. The van der Waals surface area contributed by atoms with Gasteiger partial charge in [-0.15, -0.1) is 0 Å². The maximum Gasteiger partial charge on any atom is 0.416 e. The zero-order valence-electron chi connectivity index (χ0n) is 22.4. The summed E-state index contributed by atoms with van der Waals surface area (Å²) in [7, 11) is 0. The van der Waals surface area contributed by atoms with Gasteiger partial charge in [-0.1, -0.05) is 60.7 Å². The number of carbonyl (C=O) groups is 3. The van der Waals surface area contributed by atoms with Gasteiger partial charge in [-0.05, 0) is 42.3 Å². The lowest BCUT2D eigenvalue weighted by atomic mass is 9.60. The summed E-state index contributed by atoms with van der Waals surface area (Å²) in [6, 6.07) is 23.4. The minimum absolute atomic E-state index is 0.106. The number of benzene rings is 3. The minimum atomic E-state index is -4.67. The van der Waals surface area contributed by atoms with E-state index in [1.807, 2.05) is 0 Å². The molecule has 1 N–H and O–H groups in total. The third-order valence-electron chi connectivity index (χ3n) is 7.03. The van der Waals surface area contributed by atoms with E-state index in [4.69, 9.17) is 4.74 Å². The number of hydrogen-bond donors (Lipinski definition) is 1. The molecule has 212 valence electrons. The Morgan fingerprint density at radius 1 is 0.929 bits per heavy atom. The number of rotatable bonds is 7. The normalized spacial score (nSPS) is 18.0. The van der Waals surface area contributed by atoms with Crippen molar-refractivity contribution in [3.05, 3.63) is 113 Å². The van der Waals surface area contributed by atoms with Crippen molar-refractivity contribution < 1.29 is 32.3 Å². The summed E-state index contributed by atoms with van der Waals surface area (Å²) < 4.78 is 45.1. The molecule has 7 nitrogen and oxygen atoms in total. The van der Waals surface area contributed by atoms with Crippen molar-refractivity contribution in [1.29, 1.82) is 10.5 Å². The van der Waals surface area contributed by atoms with Gasteiger partial charge in [0.1, 0.15) is 5.54 Å². The van der Waals surface area contributed by atoms with Crippen LogP contribution >= 0.6 is 0 Å². The lowest BCUT2D eigenvalue weighted by molar-refractivity contribution is -0.140. The van der Waals surface area contributed by atoms with Gasteiger partial charge < -0.3 is 10.1 Å². The molecular weight excluding hydrogens is 547 g/mol. The molecule has 0 fully saturated rings. The van der Waals surface area contributed by atoms with Gasteiger partial charge in [-0.2, -0.15) is 23.7 Å². The van der Waals surface area contributed by atoms with Gasteiger partial charge in [-0.3, -0.25) is 9.59 Å². The summed E-state index contributed by atoms with van der Waals surface area (Å²) in [5.74, 6) is -2.68. The highest BCUT2D eigenvalue weighted by Gasteiger charge is 2.60. The summed E-state index contributed by atoms with van der Waals surface area (Å²) in [5, 5.41) is 23.6. The second-order valence-corrected chi connectivity index (χ2v) is 9.69. The molecule has 3 aromatic carbocycles. The number of nitrogens with one attached hydrogen (secondary N) is 1. The van der Waals surface area contributed by atoms with Crippen LogP contribution in [-0.2, 0) is 26.9 Å². The molecule has 1 aliphatic rings. The molecular formula is C32H24F3N3O4. The Kier molecular flexibility index (Phi) is 8.30. The van der Waals surface area contributed by atoms with E-state index < -0.39 is 46.8 Å². The number of nitrogens with zero attached hydrogens (tertiary/aromatic N) is 2. The van der Waals surface area contributed by atoms with Gasteiger partial charge in [0, 0.05) is 29.6 Å². The third-order valence-corrected chi connectivity index (χ3v) is 7.03. The number of alkyl halides is 3. The van der Waals surface area contributed by atoms with E-state index in [0.717, 1.165) is 24.3 Å². The SMILES string of the molecule is CCOC(=O)C1=C(c2ccc(C(F)(F)F)cc2)C(C#N)(C#N)C(=O)[C@](Cc2ccccc2)(NC(=O)c2ccccc2)C1. The molecule has 1 amide bonds. The van der Waals surface area contributed by atoms with Gasteiger partial charge in [0.2, 0.25) is 5.41 Å². The summed E-state index contributed by atoms with van der Waals surface area (Å²) in [6.45, 7) is 1.42. The lowest BCUT2D eigenvalue weighted by Crippen LogP contribution is -2.63. The second kappa shape index (κ2) is 11.7. The number of ether oxygens (including phenoxy) is 1. The van der Waals surface area contributed by atoms with Gasteiger partial charge in [0.15, 0.2) is 5.78 Å². The molecule has 0 saturated carbocycles. The topological polar surface area (TPSA) is 120 Å². The average molecular weight is 572 g/mol. The Labute approximate surface area is 239 Å². The molecule has 0 saturated heterocycles. The van der Waals surface area contributed by atoms with Crippen LogP contribution in [0, 0.1) is 28.1 Å². The van der Waals surface area contributed by atoms with Crippen molar-refractivity contribution in [2.24, 2.45) is 5.41 Å². The largest absolute Gasteiger partial charge is 0.463 e. The fraction of sp³-hybridized carbons (Fsp3) is 0.219. The first-order chi connectivity index (χ1) is 20.0. The summed E-state index contributed by atoms with van der Waals surface area (Å²) in [5.41, 5.74) is -5.66. The summed E-state index contributed by atoms with van der Waals surface area (Å²) in [6.07, 6.45) is -5.35. The van der Waals surface area contributed by atoms with Crippen LogP contribution in [0.15, 0.2) is 90.5 Å². The number of halogens is 3. The molecule has 4 rings (SSSR count). The molecule has 0 aliphatic heterocycles. The maximum absolute atomic E-state index is 14.5. The van der Waals surface area contributed by atoms with Gasteiger partial charge >= 0.3 is 12.1 Å². The van der Waals surface area contributed by atoms with Crippen LogP contribution in [0.1, 0.15) is 40.4 Å². The quantitative estimate of drug-likeness (QED) is 0.377. The van der Waals surface area contributed by atoms with Crippen molar-refractivity contribution in [3.8, 4) is 12.1 Å². The van der Waals surface area contributed by atoms with Crippen LogP contribution < -0.4 is 5.32 Å². The van der Waals surface area contributed by atoms with E-state index in [1.54, 1.807) is 60.7 Å². The van der Waals surface area contributed by atoms with E-state index in [-0.39, 0.29) is 35.3 Å². The van der Waals surface area contributed by atoms with Crippen molar-refractivity contribution in [2.75, 3.05) is 6.61 Å². The molecule has 0 radical (unpaired) electrons. The molecule has 42 heavy (non-hydrogen) atoms. The number of ketones is 1. The molecule has 0 aromatic heterocycles. The smallest absolute Gasteiger partial charge is 0.416 e. The first kappa shape index (κ1) is 29.8. The van der Waals surface area contributed by atoms with E-state index >= 15 is 0 Å². The predicted octanol–water partition coefficient (Wildman–Crippen LogP) is 5.44. The fourth-order valence-corrected chi connectivity index (χ4v) is 5.13. The number of allylic oxidation sites excluding steroid dienone is 1. The highest BCUT2D eigenvalue weighted by atomic mass is 19.4. The van der Waals surface area contributed by atoms with Crippen LogP contribution in [0.2, 0.25) is 0 Å². The number of esters is 1. The van der Waals surface area contributed by atoms with Gasteiger partial charge in [0.25, 0.3) is 5.91 Å². The highest BCUT2D eigenvalue weighted by Crippen LogP contribution is 2.49. The van der Waals surface area contributed by atoms with E-state index in [9.17, 15) is 38.1 Å². The summed E-state index contributed by atoms with van der Waals surface area (Å²) >= 11 is 0. The fourth-order valence-electron chi connectivity index (χ4n) is 5.13. The van der Waals surface area contributed by atoms with Crippen molar-refractivity contribution in [3.63, 3.8) is 0 Å². The Hall–Kier alpha value is -5.22. The molecule has 10 heteroatoms. The van der Waals surface area contributed by atoms with E-state index in [0.29, 0.717) is 5.56 Å². The second-order valence-electron chi connectivity index (χ2n) is 9.69. The first-order valence-corrected chi connectivity index (χ1v) is 12.9. The van der Waals surface area contributed by atoms with Crippen molar-refractivity contribution >= 4 is 23.2 Å². The number of Topliss-reactive ketones (excluding diaryl/α,β-unsaturated/α-hetero) is 1. The Balaban J connectivity index is 2.00. The Morgan fingerprint density at radius 3 is 2.02 bits per heavy atom. The van der Waals surface area contributed by atoms with Crippen molar-refractivity contribution in [2.45, 2.75) is 31.5 Å². The molecule has 3 aromatic rings. The molecule has 0 unspecified atom stereocenters. The lowest BCUT2D eigenvalue weighted by Gasteiger charge is -2.43. The van der Waals surface area contributed by atoms with Crippen LogP contribution in [0.4, 0.5) is 13.2 Å². The average Bonchev–Trinajstić information content (AvgIpc) is 2.99. The molecule has 1 aliphatic carbocycles. The number of amides is 1. The first-order valence-electron chi connectivity index (χ1n) is 12.9. The zero-order valence-corrected chi connectivity index (χ0v) is 22.4. The zero-order chi connectivity index (χ0) is 30.5. The van der Waals surface area contributed by atoms with E-state index in [1.165, 1.54) is 19.1 Å². The van der Waals surface area contributed by atoms with Crippen LogP contribution in [-0.4, -0.2) is 29.8 Å². The molecule has 0 heterocycles. The highest BCUT2D eigenvalue weighted by molar-refractivity contribution is 6.17. The maximum atomic E-state index is 14.5. The summed E-state index contributed by atoms with van der Waals surface area (Å²) in [4.78, 5) is 41.4. The molecule has 1 atom stereocenters. The van der Waals surface area contributed by atoms with Crippen LogP contribution in [0.5, 0.6) is 0 Å². The predicted molar refractivity (Wildman–Crippen MR) is 145 cm³/mol. The van der Waals surface area contributed by atoms with Crippen LogP contribution in [0.3, 0.4) is 0 Å². The standard InChI is InChI=1S/C32H24F3N3O4/c1-2-42-28(40)25-18-31(17-21-9-5-3-6-10-21,38-27(39)23-11-7-4-8-12-23)29(41)30(19-36,20-37)26(25)22-13-15-24(16-14-22)32(33,34)35/h3-16H,2,17-18H2,1H3,(H,38,39)/t31-/m1/s1. The van der Waals surface area contributed by atoms with Crippen LogP contribution in [0.25, 0.3) is 5.57 Å². The third kappa shape index (κ3) is 5.52. The number of nitriles is 2. The molecule has 0 spiro atoms. The van der Waals surface area contributed by atoms with Gasteiger partial charge in [0.05, 0.1) is 24.3 Å². The minimum Gasteiger partial charge on any atom is -0.463 e. The monoisotopic (exact) mass is 571 g/mol. The van der Waals surface area contributed by atoms with E-state index in [2.05, 4.69) is 5.32 Å².